The Labute approximate surface area is 247 Å². The molecule has 8 nitrogen and oxygen atoms in total. The Kier molecular flexibility index (Phi) is 7.85. The summed E-state index contributed by atoms with van der Waals surface area (Å²) in [4.78, 5) is 27.5. The van der Waals surface area contributed by atoms with E-state index in [1.807, 2.05) is 67.6 Å². The molecule has 0 radical (unpaired) electrons. The van der Waals surface area contributed by atoms with Crippen LogP contribution in [-0.2, 0) is 15.1 Å². The molecule has 0 spiro atoms. The van der Waals surface area contributed by atoms with Gasteiger partial charge in [-0.1, -0.05) is 54.6 Å². The Morgan fingerprint density at radius 1 is 1.00 bits per heavy atom. The van der Waals surface area contributed by atoms with E-state index in [4.69, 9.17) is 5.73 Å². The van der Waals surface area contributed by atoms with E-state index in [1.165, 1.54) is 0 Å². The molecule has 2 aromatic carbocycles. The fraction of sp³-hybridized carbons (Fsp3) is 0.471. The molecule has 1 saturated heterocycles. The van der Waals surface area contributed by atoms with Crippen molar-refractivity contribution in [2.75, 3.05) is 11.9 Å². The summed E-state index contributed by atoms with van der Waals surface area (Å²) in [5, 5.41) is 22.2. The van der Waals surface area contributed by atoms with Crippen LogP contribution in [0.4, 0.5) is 5.82 Å². The minimum Gasteiger partial charge on any atom is -0.390 e. The number of piperidine rings is 1. The van der Waals surface area contributed by atoms with Crippen molar-refractivity contribution >= 4 is 17.6 Å². The van der Waals surface area contributed by atoms with Crippen LogP contribution in [0.25, 0.3) is 22.4 Å². The summed E-state index contributed by atoms with van der Waals surface area (Å²) in [6, 6.07) is 20.2. The lowest BCUT2D eigenvalue weighted by atomic mass is 9.63. The number of aliphatic hydroxyl groups is 1. The van der Waals surface area contributed by atoms with Crippen LogP contribution in [0.1, 0.15) is 76.7 Å². The van der Waals surface area contributed by atoms with E-state index in [0.29, 0.717) is 49.4 Å². The number of rotatable bonds is 7. The van der Waals surface area contributed by atoms with Crippen LogP contribution in [-0.4, -0.2) is 50.2 Å². The number of nitrogens with one attached hydrogen (secondary N) is 1. The number of nitrogens with two attached hydrogens (primary N) is 1. The number of carbonyl (C=O) groups is 2. The third-order valence-electron chi connectivity index (χ3n) is 9.36. The second-order valence-electron chi connectivity index (χ2n) is 12.9. The third-order valence-corrected chi connectivity index (χ3v) is 9.36. The van der Waals surface area contributed by atoms with Gasteiger partial charge in [-0.3, -0.25) is 9.59 Å². The van der Waals surface area contributed by atoms with Gasteiger partial charge in [-0.15, -0.1) is 10.2 Å². The Hall–Kier alpha value is -3.62. The van der Waals surface area contributed by atoms with Crippen molar-refractivity contribution in [3.05, 3.63) is 66.2 Å². The maximum Gasteiger partial charge on any atom is 0.225 e. The molecule has 3 aromatic rings. The van der Waals surface area contributed by atoms with E-state index < -0.39 is 11.1 Å². The molecule has 2 amide bonds. The average Bonchev–Trinajstić information content (AvgIpc) is 2.97. The van der Waals surface area contributed by atoms with Crippen LogP contribution >= 0.6 is 0 Å². The molecule has 2 heterocycles. The molecule has 42 heavy (non-hydrogen) atoms. The van der Waals surface area contributed by atoms with Gasteiger partial charge in [-0.25, -0.2) is 0 Å². The molecular weight excluding hydrogens is 526 g/mol. The van der Waals surface area contributed by atoms with Gasteiger partial charge in [0.1, 0.15) is 5.69 Å². The van der Waals surface area contributed by atoms with E-state index in [-0.39, 0.29) is 5.91 Å². The van der Waals surface area contributed by atoms with Crippen molar-refractivity contribution in [2.45, 2.75) is 88.3 Å². The first-order valence-corrected chi connectivity index (χ1v) is 15.3. The summed E-state index contributed by atoms with van der Waals surface area (Å²) in [5.41, 5.74) is 9.80. The van der Waals surface area contributed by atoms with Gasteiger partial charge in [0.2, 0.25) is 11.8 Å². The Balaban J connectivity index is 1.14. The minimum absolute atomic E-state index is 0.0532. The highest BCUT2D eigenvalue weighted by Gasteiger charge is 2.49. The lowest BCUT2D eigenvalue weighted by Crippen LogP contribution is -2.58. The number of hydrogen-bond acceptors (Lipinski definition) is 6. The maximum atomic E-state index is 13.1. The monoisotopic (exact) mass is 567 g/mol. The molecule has 3 aliphatic rings. The number of nitrogens with zero attached hydrogens (tertiary/aromatic N) is 3. The third kappa shape index (κ3) is 6.10. The highest BCUT2D eigenvalue weighted by molar-refractivity contribution is 5.91. The first-order chi connectivity index (χ1) is 20.2. The van der Waals surface area contributed by atoms with Crippen molar-refractivity contribution in [1.82, 2.24) is 15.1 Å². The van der Waals surface area contributed by atoms with Gasteiger partial charge in [-0.05, 0) is 81.4 Å². The second kappa shape index (κ2) is 11.6. The molecule has 220 valence electrons. The van der Waals surface area contributed by atoms with E-state index in [9.17, 15) is 14.7 Å². The van der Waals surface area contributed by atoms with Crippen LogP contribution in [0.5, 0.6) is 0 Å². The number of anilines is 1. The van der Waals surface area contributed by atoms with Gasteiger partial charge < -0.3 is 21.1 Å². The van der Waals surface area contributed by atoms with Crippen molar-refractivity contribution < 1.29 is 14.7 Å². The largest absolute Gasteiger partial charge is 0.390 e. The normalized spacial score (nSPS) is 27.8. The fourth-order valence-corrected chi connectivity index (χ4v) is 7.30. The highest BCUT2D eigenvalue weighted by Crippen LogP contribution is 2.46. The van der Waals surface area contributed by atoms with Crippen LogP contribution < -0.4 is 11.1 Å². The van der Waals surface area contributed by atoms with E-state index in [1.54, 1.807) is 0 Å². The summed E-state index contributed by atoms with van der Waals surface area (Å²) < 4.78 is 0. The Morgan fingerprint density at radius 3 is 2.38 bits per heavy atom. The molecule has 0 unspecified atom stereocenters. The number of likely N-dealkylation sites (tertiary alicyclic amines) is 1. The van der Waals surface area contributed by atoms with Crippen molar-refractivity contribution in [1.29, 1.82) is 0 Å². The summed E-state index contributed by atoms with van der Waals surface area (Å²) in [6.07, 6.45) is 8.15. The summed E-state index contributed by atoms with van der Waals surface area (Å²) in [5.74, 6) is 0.989. The lowest BCUT2D eigenvalue weighted by Gasteiger charge is -2.49. The zero-order valence-electron chi connectivity index (χ0n) is 24.4. The van der Waals surface area contributed by atoms with E-state index in [0.717, 1.165) is 73.0 Å². The molecule has 0 bridgehead atoms. The zero-order chi connectivity index (χ0) is 29.3. The van der Waals surface area contributed by atoms with Gasteiger partial charge in [0.05, 0.1) is 5.60 Å². The summed E-state index contributed by atoms with van der Waals surface area (Å²) in [7, 11) is 0. The fourth-order valence-electron chi connectivity index (χ4n) is 7.30. The summed E-state index contributed by atoms with van der Waals surface area (Å²) >= 11 is 0. The number of benzene rings is 2. The van der Waals surface area contributed by atoms with Crippen LogP contribution in [0, 0.1) is 5.92 Å². The van der Waals surface area contributed by atoms with E-state index in [2.05, 4.69) is 20.4 Å². The molecule has 4 N–H and O–H groups in total. The molecule has 2 saturated carbocycles. The van der Waals surface area contributed by atoms with Crippen molar-refractivity contribution in [2.24, 2.45) is 11.7 Å². The average molecular weight is 568 g/mol. The highest BCUT2D eigenvalue weighted by atomic mass is 16.3. The Morgan fingerprint density at radius 2 is 1.71 bits per heavy atom. The molecule has 1 aliphatic heterocycles. The van der Waals surface area contributed by atoms with Crippen molar-refractivity contribution in [3.63, 3.8) is 0 Å². The molecule has 3 fully saturated rings. The standard InChI is InChI=1S/C34H41N5O3/c1-33(42)21-34(35,22-33)26-14-12-25(13-15-26)32-28(24-7-3-2-4-8-24)20-29(37-38-32)36-30(40)19-23-10-16-27(17-11-23)39-18-6-5-9-31(39)41/h2-4,7-8,12-15,20,23,27,42H,5-6,9-11,16-19,21-22,35H2,1H3,(H,36,37,40)/t23-,27-,33-,34-. The van der Waals surface area contributed by atoms with Gasteiger partial charge in [0.15, 0.2) is 5.82 Å². The molecule has 6 rings (SSSR count). The van der Waals surface area contributed by atoms with Gasteiger partial charge in [-0.2, -0.15) is 0 Å². The number of aromatic nitrogens is 2. The smallest absolute Gasteiger partial charge is 0.225 e. The van der Waals surface area contributed by atoms with Gasteiger partial charge in [0.25, 0.3) is 0 Å². The minimum atomic E-state index is -0.716. The predicted octanol–water partition coefficient (Wildman–Crippen LogP) is 5.41. The van der Waals surface area contributed by atoms with E-state index >= 15 is 0 Å². The topological polar surface area (TPSA) is 121 Å². The molecule has 2 aliphatic carbocycles. The maximum absolute atomic E-state index is 13.1. The summed E-state index contributed by atoms with van der Waals surface area (Å²) in [6.45, 7) is 2.70. The number of hydrogen-bond donors (Lipinski definition) is 3. The molecule has 1 aromatic heterocycles. The number of amides is 2. The predicted molar refractivity (Wildman–Crippen MR) is 163 cm³/mol. The molecule has 8 heteroatoms. The van der Waals surface area contributed by atoms with Crippen LogP contribution in [0.2, 0.25) is 0 Å². The molecular formula is C34H41N5O3. The van der Waals surface area contributed by atoms with Crippen LogP contribution in [0.3, 0.4) is 0 Å². The van der Waals surface area contributed by atoms with Gasteiger partial charge in [0, 0.05) is 42.1 Å². The van der Waals surface area contributed by atoms with Crippen molar-refractivity contribution in [3.8, 4) is 22.4 Å². The quantitative estimate of drug-likeness (QED) is 0.351. The zero-order valence-corrected chi connectivity index (χ0v) is 24.4. The second-order valence-corrected chi connectivity index (χ2v) is 12.9. The van der Waals surface area contributed by atoms with Crippen LogP contribution in [0.15, 0.2) is 60.7 Å². The molecule has 0 atom stereocenters. The first-order valence-electron chi connectivity index (χ1n) is 15.3. The lowest BCUT2D eigenvalue weighted by molar-refractivity contribution is -0.136. The Bertz CT molecular complexity index is 1420. The first kappa shape index (κ1) is 28.5. The van der Waals surface area contributed by atoms with Gasteiger partial charge >= 0.3 is 0 Å². The SMILES string of the molecule is C[C@]1(O)C[C@@](N)(c2ccc(-c3nnc(NC(=O)C[C@H]4CC[C@H](N5CCCCC5=O)CC4)cc3-c3ccccc3)cc2)C1. The number of carbonyl (C=O) groups excluding carboxylic acids is 2.